The average molecular weight is 388 g/mol. The van der Waals surface area contributed by atoms with Gasteiger partial charge in [-0.15, -0.1) is 0 Å². The zero-order valence-corrected chi connectivity index (χ0v) is 14.5. The van der Waals surface area contributed by atoms with Crippen LogP contribution in [0.2, 0.25) is 0 Å². The molecule has 1 fully saturated rings. The molecule has 1 aliphatic heterocycles. The van der Waals surface area contributed by atoms with Crippen molar-refractivity contribution in [1.29, 1.82) is 0 Å². The molecule has 0 saturated carbocycles. The summed E-state index contributed by atoms with van der Waals surface area (Å²) >= 11 is 0. The molecule has 3 heterocycles. The molecule has 1 saturated heterocycles. The lowest BCUT2D eigenvalue weighted by Crippen LogP contribution is -2.28. The first-order chi connectivity index (χ1) is 13.4. The first-order valence-electron chi connectivity index (χ1n) is 8.50. The van der Waals surface area contributed by atoms with Gasteiger partial charge in [0, 0.05) is 24.1 Å². The lowest BCUT2D eigenvalue weighted by atomic mass is 9.98. The van der Waals surface area contributed by atoms with Crippen LogP contribution in [0.3, 0.4) is 0 Å². The van der Waals surface area contributed by atoms with Crippen molar-refractivity contribution in [1.82, 2.24) is 20.4 Å². The molecule has 0 spiro atoms. The second-order valence-electron chi connectivity index (χ2n) is 6.55. The molecule has 0 bridgehead atoms. The van der Waals surface area contributed by atoms with Crippen LogP contribution in [0.1, 0.15) is 12.0 Å². The average Bonchev–Trinajstić information content (AvgIpc) is 3.27. The predicted octanol–water partition coefficient (Wildman–Crippen LogP) is 2.46. The summed E-state index contributed by atoms with van der Waals surface area (Å²) in [5, 5.41) is 14.4. The number of rotatable bonds is 4. The Balaban J connectivity index is 1.52. The molecule has 1 amide bonds. The SMILES string of the molecule is Nc1cnncc1-c1cc(N2CCC(Cc3cc(F)c(F)c(F)c3)C2=O)[nH]n1. The Labute approximate surface area is 157 Å². The summed E-state index contributed by atoms with van der Waals surface area (Å²) in [7, 11) is 0. The normalized spacial score (nSPS) is 16.8. The third-order valence-electron chi connectivity index (χ3n) is 4.73. The minimum absolute atomic E-state index is 0.117. The second-order valence-corrected chi connectivity index (χ2v) is 6.55. The van der Waals surface area contributed by atoms with Crippen molar-refractivity contribution >= 4 is 17.4 Å². The molecule has 7 nitrogen and oxygen atoms in total. The number of benzene rings is 1. The molecule has 10 heteroatoms. The number of nitrogens with one attached hydrogen (secondary N) is 1. The van der Waals surface area contributed by atoms with Crippen molar-refractivity contribution in [3.05, 3.63) is 53.6 Å². The maximum absolute atomic E-state index is 13.4. The highest BCUT2D eigenvalue weighted by molar-refractivity contribution is 5.97. The Hall–Kier alpha value is -3.43. The number of carbonyl (C=O) groups is 1. The van der Waals surface area contributed by atoms with E-state index in [1.54, 1.807) is 6.07 Å². The Morgan fingerprint density at radius 1 is 1.14 bits per heavy atom. The van der Waals surface area contributed by atoms with Gasteiger partial charge in [0.15, 0.2) is 17.5 Å². The number of aromatic amines is 1. The fourth-order valence-corrected chi connectivity index (χ4v) is 3.31. The molecule has 0 aliphatic carbocycles. The zero-order chi connectivity index (χ0) is 19.8. The fourth-order valence-electron chi connectivity index (χ4n) is 3.31. The van der Waals surface area contributed by atoms with E-state index in [2.05, 4.69) is 20.4 Å². The first-order valence-corrected chi connectivity index (χ1v) is 8.50. The molecule has 0 radical (unpaired) electrons. The Bertz CT molecular complexity index is 1030. The molecule has 4 rings (SSSR count). The molecular weight excluding hydrogens is 373 g/mol. The van der Waals surface area contributed by atoms with Crippen LogP contribution in [0, 0.1) is 23.4 Å². The standard InChI is InChI=1S/C18H15F3N6O/c19-12-4-9(5-13(20)17(12)21)3-10-1-2-27(18(10)28)16-6-15(25-26-16)11-7-23-24-8-14(11)22/h4-8,10H,1-3H2,(H2,22,23)(H,25,26). The highest BCUT2D eigenvalue weighted by Crippen LogP contribution is 2.30. The third kappa shape index (κ3) is 3.17. The number of H-pyrrole nitrogens is 1. The molecule has 1 atom stereocenters. The molecule has 144 valence electrons. The van der Waals surface area contributed by atoms with Crippen molar-refractivity contribution in [3.63, 3.8) is 0 Å². The molecule has 3 N–H and O–H groups in total. The van der Waals surface area contributed by atoms with E-state index in [1.165, 1.54) is 17.3 Å². The summed E-state index contributed by atoms with van der Waals surface area (Å²) < 4.78 is 39.9. The number of nitrogens with two attached hydrogens (primary N) is 1. The van der Waals surface area contributed by atoms with Crippen LogP contribution in [-0.2, 0) is 11.2 Å². The van der Waals surface area contributed by atoms with Crippen LogP contribution in [0.5, 0.6) is 0 Å². The Morgan fingerprint density at radius 2 is 1.86 bits per heavy atom. The largest absolute Gasteiger partial charge is 0.397 e. The lowest BCUT2D eigenvalue weighted by Gasteiger charge is -2.14. The summed E-state index contributed by atoms with van der Waals surface area (Å²) in [6, 6.07) is 3.51. The monoisotopic (exact) mass is 388 g/mol. The van der Waals surface area contributed by atoms with Gasteiger partial charge in [-0.2, -0.15) is 15.3 Å². The molecule has 1 aromatic carbocycles. The van der Waals surface area contributed by atoms with Crippen molar-refractivity contribution in [3.8, 4) is 11.3 Å². The predicted molar refractivity (Wildman–Crippen MR) is 94.5 cm³/mol. The van der Waals surface area contributed by atoms with Gasteiger partial charge in [-0.25, -0.2) is 13.2 Å². The van der Waals surface area contributed by atoms with Gasteiger partial charge in [0.2, 0.25) is 5.91 Å². The van der Waals surface area contributed by atoms with Gasteiger partial charge in [0.05, 0.1) is 23.8 Å². The summed E-state index contributed by atoms with van der Waals surface area (Å²) in [5.74, 6) is -4.24. The van der Waals surface area contributed by atoms with E-state index in [9.17, 15) is 18.0 Å². The number of hydrogen-bond donors (Lipinski definition) is 2. The molecule has 1 unspecified atom stereocenters. The van der Waals surface area contributed by atoms with Gasteiger partial charge in [-0.3, -0.25) is 14.8 Å². The van der Waals surface area contributed by atoms with Gasteiger partial charge >= 0.3 is 0 Å². The number of halogens is 3. The molecule has 28 heavy (non-hydrogen) atoms. The van der Waals surface area contributed by atoms with E-state index in [-0.39, 0.29) is 17.9 Å². The summed E-state index contributed by atoms with van der Waals surface area (Å²) in [5.41, 5.74) is 7.59. The molecule has 2 aromatic heterocycles. The van der Waals surface area contributed by atoms with Crippen LogP contribution in [0.15, 0.2) is 30.6 Å². The first kappa shape index (κ1) is 18.0. The van der Waals surface area contributed by atoms with E-state index in [0.717, 1.165) is 12.1 Å². The Kier molecular flexibility index (Phi) is 4.46. The van der Waals surface area contributed by atoms with E-state index >= 15 is 0 Å². The lowest BCUT2D eigenvalue weighted by molar-refractivity contribution is -0.120. The number of aromatic nitrogens is 4. The fraction of sp³-hybridized carbons (Fsp3) is 0.222. The van der Waals surface area contributed by atoms with Crippen molar-refractivity contribution in [2.45, 2.75) is 12.8 Å². The van der Waals surface area contributed by atoms with E-state index in [1.807, 2.05) is 0 Å². The summed E-state index contributed by atoms with van der Waals surface area (Å²) in [6.07, 6.45) is 3.49. The minimum atomic E-state index is -1.52. The maximum Gasteiger partial charge on any atom is 0.231 e. The Morgan fingerprint density at radius 3 is 2.57 bits per heavy atom. The van der Waals surface area contributed by atoms with Crippen LogP contribution in [-0.4, -0.2) is 32.8 Å². The molecule has 1 aliphatic rings. The topological polar surface area (TPSA) is 101 Å². The van der Waals surface area contributed by atoms with Gasteiger partial charge in [-0.05, 0) is 30.5 Å². The van der Waals surface area contributed by atoms with Crippen LogP contribution in [0.4, 0.5) is 24.7 Å². The number of carbonyl (C=O) groups excluding carboxylic acids is 1. The van der Waals surface area contributed by atoms with Crippen molar-refractivity contribution < 1.29 is 18.0 Å². The molecule has 3 aromatic rings. The number of nitrogens with zero attached hydrogens (tertiary/aromatic N) is 4. The van der Waals surface area contributed by atoms with Gasteiger partial charge in [0.1, 0.15) is 5.82 Å². The van der Waals surface area contributed by atoms with Crippen LogP contribution >= 0.6 is 0 Å². The van der Waals surface area contributed by atoms with Gasteiger partial charge in [-0.1, -0.05) is 0 Å². The quantitative estimate of drug-likeness (QED) is 0.669. The summed E-state index contributed by atoms with van der Waals surface area (Å²) in [6.45, 7) is 0.418. The highest BCUT2D eigenvalue weighted by Gasteiger charge is 2.34. The minimum Gasteiger partial charge on any atom is -0.397 e. The van der Waals surface area contributed by atoms with Crippen LogP contribution in [0.25, 0.3) is 11.3 Å². The number of nitrogen functional groups attached to an aromatic ring is 1. The highest BCUT2D eigenvalue weighted by atomic mass is 19.2. The van der Waals surface area contributed by atoms with Crippen molar-refractivity contribution in [2.24, 2.45) is 5.92 Å². The summed E-state index contributed by atoms with van der Waals surface area (Å²) in [4.78, 5) is 14.2. The number of amides is 1. The second kappa shape index (κ2) is 6.95. The van der Waals surface area contributed by atoms with E-state index in [0.29, 0.717) is 35.7 Å². The smallest absolute Gasteiger partial charge is 0.231 e. The van der Waals surface area contributed by atoms with Crippen LogP contribution < -0.4 is 10.6 Å². The van der Waals surface area contributed by atoms with Gasteiger partial charge < -0.3 is 5.73 Å². The van der Waals surface area contributed by atoms with Crippen molar-refractivity contribution in [2.75, 3.05) is 17.2 Å². The van der Waals surface area contributed by atoms with Gasteiger partial charge in [0.25, 0.3) is 0 Å². The number of hydrogen-bond acceptors (Lipinski definition) is 5. The molecular formula is C18H15F3N6O. The third-order valence-corrected chi connectivity index (χ3v) is 4.73. The zero-order valence-electron chi connectivity index (χ0n) is 14.5. The van der Waals surface area contributed by atoms with E-state index in [4.69, 9.17) is 5.73 Å². The van der Waals surface area contributed by atoms with E-state index < -0.39 is 23.4 Å². The maximum atomic E-state index is 13.4. The number of anilines is 2.